The van der Waals surface area contributed by atoms with Crippen molar-refractivity contribution in [2.75, 3.05) is 13.1 Å². The molecule has 0 fully saturated rings. The highest BCUT2D eigenvalue weighted by Crippen LogP contribution is 2.12. The maximum atomic E-state index is 12.9. The Morgan fingerprint density at radius 2 is 1.60 bits per heavy atom. The first-order valence-corrected chi connectivity index (χ1v) is 11.1. The molecule has 13 nitrogen and oxygen atoms in total. The summed E-state index contributed by atoms with van der Waals surface area (Å²) in [6.07, 6.45) is 0.520. The zero-order valence-corrected chi connectivity index (χ0v) is 19.9. The number of carboxylic acids is 1. The minimum absolute atomic E-state index is 0.0277. The first kappa shape index (κ1) is 29.2. The van der Waals surface area contributed by atoms with Crippen molar-refractivity contribution in [3.63, 3.8) is 0 Å². The zero-order valence-electron chi connectivity index (χ0n) is 19.9. The predicted octanol–water partition coefficient (Wildman–Crippen LogP) is -1.86. The second-order valence-electron chi connectivity index (χ2n) is 8.27. The van der Waals surface area contributed by atoms with Gasteiger partial charge < -0.3 is 43.4 Å². The molecule has 0 radical (unpaired) electrons. The van der Waals surface area contributed by atoms with Crippen LogP contribution in [0.3, 0.4) is 0 Å². The fraction of sp³-hybridized carbons (Fsp3) is 0.500. The third-order valence-corrected chi connectivity index (χ3v) is 5.02. The number of amides is 3. The molecule has 3 amide bonds. The van der Waals surface area contributed by atoms with Crippen molar-refractivity contribution in [3.05, 3.63) is 29.8 Å². The molecule has 0 saturated carbocycles. The number of hydrogen-bond donors (Lipinski definition) is 8. The second kappa shape index (κ2) is 14.4. The molecule has 1 rings (SSSR count). The number of phenolic OH excluding ortho intramolecular Hbond substituents is 1. The number of aromatic hydroxyl groups is 1. The average Bonchev–Trinajstić information content (AvgIpc) is 2.79. The first-order valence-electron chi connectivity index (χ1n) is 11.1. The summed E-state index contributed by atoms with van der Waals surface area (Å²) in [5.41, 5.74) is 16.5. The highest BCUT2D eigenvalue weighted by Gasteiger charge is 2.31. The van der Waals surface area contributed by atoms with Gasteiger partial charge in [-0.15, -0.1) is 0 Å². The fourth-order valence-corrected chi connectivity index (χ4v) is 3.14. The third kappa shape index (κ3) is 10.7. The van der Waals surface area contributed by atoms with Crippen LogP contribution >= 0.6 is 0 Å². The van der Waals surface area contributed by atoms with E-state index in [9.17, 15) is 29.4 Å². The van der Waals surface area contributed by atoms with E-state index in [4.69, 9.17) is 17.2 Å². The van der Waals surface area contributed by atoms with Gasteiger partial charge in [-0.25, -0.2) is 4.79 Å². The van der Waals surface area contributed by atoms with Gasteiger partial charge in [0.1, 0.15) is 23.9 Å². The van der Waals surface area contributed by atoms with Crippen LogP contribution in [0.2, 0.25) is 0 Å². The molecule has 35 heavy (non-hydrogen) atoms. The van der Waals surface area contributed by atoms with E-state index in [1.165, 1.54) is 12.1 Å². The van der Waals surface area contributed by atoms with Gasteiger partial charge in [0, 0.05) is 13.0 Å². The van der Waals surface area contributed by atoms with Crippen LogP contribution in [-0.2, 0) is 25.6 Å². The molecule has 0 bridgehead atoms. The minimum Gasteiger partial charge on any atom is -0.508 e. The monoisotopic (exact) mass is 493 g/mol. The van der Waals surface area contributed by atoms with Gasteiger partial charge in [-0.2, -0.15) is 0 Å². The lowest BCUT2D eigenvalue weighted by atomic mass is 10.0. The predicted molar refractivity (Wildman–Crippen MR) is 129 cm³/mol. The van der Waals surface area contributed by atoms with Gasteiger partial charge in [0.2, 0.25) is 17.7 Å². The summed E-state index contributed by atoms with van der Waals surface area (Å²) >= 11 is 0. The summed E-state index contributed by atoms with van der Waals surface area (Å²) in [4.78, 5) is 53.2. The molecular weight excluding hydrogens is 458 g/mol. The Kier molecular flexibility index (Phi) is 12.0. The molecule has 0 aromatic heterocycles. The van der Waals surface area contributed by atoms with Crippen LogP contribution in [-0.4, -0.2) is 71.1 Å². The summed E-state index contributed by atoms with van der Waals surface area (Å²) < 4.78 is 0. The van der Waals surface area contributed by atoms with Crippen molar-refractivity contribution in [2.24, 2.45) is 28.1 Å². The van der Waals surface area contributed by atoms with Crippen LogP contribution < -0.4 is 33.2 Å². The SMILES string of the molecule is CC(C)C(NC(=O)C(CCCN=C(N)N)NC(=O)CN)C(=O)NC(Cc1ccc(O)cc1)C(=O)O. The quantitative estimate of drug-likeness (QED) is 0.0823. The highest BCUT2D eigenvalue weighted by atomic mass is 16.4. The van der Waals surface area contributed by atoms with Gasteiger partial charge in [0.25, 0.3) is 0 Å². The minimum atomic E-state index is -1.27. The van der Waals surface area contributed by atoms with Gasteiger partial charge in [0.15, 0.2) is 5.96 Å². The Balaban J connectivity index is 2.92. The van der Waals surface area contributed by atoms with E-state index >= 15 is 0 Å². The number of nitrogens with zero attached hydrogens (tertiary/aromatic N) is 1. The molecule has 13 heteroatoms. The van der Waals surface area contributed by atoms with Gasteiger partial charge in [-0.1, -0.05) is 26.0 Å². The van der Waals surface area contributed by atoms with E-state index in [1.807, 2.05) is 0 Å². The number of carbonyl (C=O) groups is 4. The smallest absolute Gasteiger partial charge is 0.326 e. The van der Waals surface area contributed by atoms with Crippen molar-refractivity contribution in [1.29, 1.82) is 0 Å². The summed E-state index contributed by atoms with van der Waals surface area (Å²) in [5.74, 6) is -3.60. The molecule has 0 spiro atoms. The van der Waals surface area contributed by atoms with E-state index in [0.717, 1.165) is 0 Å². The molecule has 1 aromatic carbocycles. The highest BCUT2D eigenvalue weighted by molar-refractivity contribution is 5.93. The first-order chi connectivity index (χ1) is 16.4. The molecule has 0 aliphatic carbocycles. The number of nitrogens with one attached hydrogen (secondary N) is 3. The summed E-state index contributed by atoms with van der Waals surface area (Å²) in [5, 5.41) is 26.5. The van der Waals surface area contributed by atoms with Crippen molar-refractivity contribution in [1.82, 2.24) is 16.0 Å². The number of carboxylic acid groups (broad SMARTS) is 1. The van der Waals surface area contributed by atoms with Crippen LogP contribution in [0.4, 0.5) is 0 Å². The van der Waals surface area contributed by atoms with Crippen molar-refractivity contribution in [2.45, 2.75) is 51.2 Å². The van der Waals surface area contributed by atoms with E-state index in [-0.39, 0.29) is 37.6 Å². The number of nitrogens with two attached hydrogens (primary N) is 3. The van der Waals surface area contributed by atoms with Gasteiger partial charge in [0.05, 0.1) is 6.54 Å². The lowest BCUT2D eigenvalue weighted by Gasteiger charge is -2.26. The fourth-order valence-electron chi connectivity index (χ4n) is 3.14. The number of aliphatic imine (C=N–C) groups is 1. The van der Waals surface area contributed by atoms with Crippen LogP contribution in [0, 0.1) is 5.92 Å². The summed E-state index contributed by atoms with van der Waals surface area (Å²) in [6, 6.07) is 2.59. The summed E-state index contributed by atoms with van der Waals surface area (Å²) in [7, 11) is 0. The molecule has 194 valence electrons. The number of aliphatic carboxylic acids is 1. The Bertz CT molecular complexity index is 900. The maximum absolute atomic E-state index is 12.9. The Morgan fingerprint density at radius 1 is 0.971 bits per heavy atom. The van der Waals surface area contributed by atoms with Crippen molar-refractivity contribution < 1.29 is 29.4 Å². The van der Waals surface area contributed by atoms with Crippen LogP contribution in [0.15, 0.2) is 29.3 Å². The number of guanidine groups is 1. The number of phenols is 1. The van der Waals surface area contributed by atoms with E-state index < -0.39 is 47.7 Å². The zero-order chi connectivity index (χ0) is 26.5. The standard InChI is InChI=1S/C22H35N7O6/c1-12(2)18(20(33)28-16(21(34)35)10-13-5-7-14(30)8-6-13)29-19(32)15(27-17(31)11-23)4-3-9-26-22(24)25/h5-8,12,15-16,18,30H,3-4,9-11,23H2,1-2H3,(H,27,31)(H,28,33)(H,29,32)(H,34,35)(H4,24,25,26). The van der Waals surface area contributed by atoms with Crippen LogP contribution in [0.25, 0.3) is 0 Å². The van der Waals surface area contributed by atoms with Gasteiger partial charge in [-0.3, -0.25) is 19.4 Å². The molecular formula is C22H35N7O6. The second-order valence-corrected chi connectivity index (χ2v) is 8.27. The Morgan fingerprint density at radius 3 is 2.11 bits per heavy atom. The Hall–Kier alpha value is -3.87. The number of benzene rings is 1. The molecule has 1 aromatic rings. The molecule has 0 saturated heterocycles. The molecule has 0 heterocycles. The van der Waals surface area contributed by atoms with E-state index in [2.05, 4.69) is 20.9 Å². The van der Waals surface area contributed by atoms with Gasteiger partial charge >= 0.3 is 5.97 Å². The summed E-state index contributed by atoms with van der Waals surface area (Å²) in [6.45, 7) is 3.28. The normalized spacial score (nSPS) is 13.3. The van der Waals surface area contributed by atoms with E-state index in [1.54, 1.807) is 26.0 Å². The Labute approximate surface area is 203 Å². The van der Waals surface area contributed by atoms with Crippen molar-refractivity contribution >= 4 is 29.7 Å². The lowest BCUT2D eigenvalue weighted by Crippen LogP contribution is -2.58. The van der Waals surface area contributed by atoms with E-state index in [0.29, 0.717) is 12.0 Å². The van der Waals surface area contributed by atoms with Crippen molar-refractivity contribution in [3.8, 4) is 5.75 Å². The maximum Gasteiger partial charge on any atom is 0.326 e. The number of carbonyl (C=O) groups excluding carboxylic acids is 3. The molecule has 0 aliphatic rings. The molecule has 11 N–H and O–H groups in total. The number of rotatable bonds is 14. The van der Waals surface area contributed by atoms with Crippen LogP contribution in [0.5, 0.6) is 5.75 Å². The third-order valence-electron chi connectivity index (χ3n) is 5.02. The lowest BCUT2D eigenvalue weighted by molar-refractivity contribution is -0.142. The molecule has 3 unspecified atom stereocenters. The van der Waals surface area contributed by atoms with Gasteiger partial charge in [-0.05, 0) is 36.5 Å². The average molecular weight is 494 g/mol. The molecule has 3 atom stereocenters. The molecule has 0 aliphatic heterocycles. The largest absolute Gasteiger partial charge is 0.508 e. The number of hydrogen-bond acceptors (Lipinski definition) is 7. The topological polar surface area (TPSA) is 235 Å². The van der Waals surface area contributed by atoms with Crippen LogP contribution in [0.1, 0.15) is 32.3 Å².